The molecular weight excluding hydrogens is 168 g/mol. The third kappa shape index (κ3) is 2.34. The summed E-state index contributed by atoms with van der Waals surface area (Å²) in [5.41, 5.74) is 0.483. The molecule has 0 bridgehead atoms. The molecule has 0 saturated heterocycles. The molecule has 1 aliphatic rings. The van der Waals surface area contributed by atoms with Gasteiger partial charge in [0.15, 0.2) is 0 Å². The van der Waals surface area contributed by atoms with E-state index in [-0.39, 0.29) is 12.0 Å². The monoisotopic (exact) mass is 176 g/mol. The second-order valence-electron chi connectivity index (χ2n) is 2.72. The van der Waals surface area contributed by atoms with E-state index in [4.69, 9.17) is 0 Å². The van der Waals surface area contributed by atoms with Crippen molar-refractivity contribution in [3.05, 3.63) is 23.9 Å². The van der Waals surface area contributed by atoms with Gasteiger partial charge in [-0.15, -0.1) is 0 Å². The van der Waals surface area contributed by atoms with Crippen LogP contribution >= 0.6 is 0 Å². The molecule has 0 N–H and O–H groups in total. The molecule has 66 valence electrons. The van der Waals surface area contributed by atoms with Crippen molar-refractivity contribution in [2.24, 2.45) is 15.9 Å². The number of hydrogen-bond acceptors (Lipinski definition) is 4. The second kappa shape index (κ2) is 4.31. The molecule has 0 heterocycles. The van der Waals surface area contributed by atoms with E-state index in [0.717, 1.165) is 0 Å². The molecule has 0 saturated carbocycles. The first kappa shape index (κ1) is 9.33. The summed E-state index contributed by atoms with van der Waals surface area (Å²) in [6.45, 7) is 1.92. The van der Waals surface area contributed by atoms with Crippen LogP contribution in [0.1, 0.15) is 6.92 Å². The van der Waals surface area contributed by atoms with Crippen molar-refractivity contribution in [1.29, 1.82) is 0 Å². The molecule has 0 fully saturated rings. The topological polar surface area (TPSA) is 58.9 Å². The lowest BCUT2D eigenvalue weighted by Gasteiger charge is -2.15. The van der Waals surface area contributed by atoms with Crippen molar-refractivity contribution < 1.29 is 9.59 Å². The van der Waals surface area contributed by atoms with E-state index in [1.54, 1.807) is 12.2 Å². The maximum atomic E-state index is 10.0. The molecule has 2 unspecified atom stereocenters. The predicted molar refractivity (Wildman–Crippen MR) is 46.4 cm³/mol. The number of rotatable bonds is 2. The van der Waals surface area contributed by atoms with Gasteiger partial charge in [0.2, 0.25) is 12.2 Å². The minimum atomic E-state index is -0.269. The highest BCUT2D eigenvalue weighted by molar-refractivity contribution is 5.42. The van der Waals surface area contributed by atoms with E-state index in [9.17, 15) is 9.59 Å². The number of nitrogens with zero attached hydrogens (tertiary/aromatic N) is 2. The van der Waals surface area contributed by atoms with E-state index >= 15 is 0 Å². The third-order valence-corrected chi connectivity index (χ3v) is 1.83. The Morgan fingerprint density at radius 2 is 2.15 bits per heavy atom. The summed E-state index contributed by atoms with van der Waals surface area (Å²) < 4.78 is 0. The Morgan fingerprint density at radius 1 is 1.38 bits per heavy atom. The maximum Gasteiger partial charge on any atom is 0.240 e. The number of isocyanates is 2. The average molecular weight is 176 g/mol. The Kier molecular flexibility index (Phi) is 3.09. The van der Waals surface area contributed by atoms with Gasteiger partial charge in [0, 0.05) is 5.92 Å². The summed E-state index contributed by atoms with van der Waals surface area (Å²) in [7, 11) is 0. The zero-order chi connectivity index (χ0) is 9.68. The van der Waals surface area contributed by atoms with E-state index in [2.05, 4.69) is 9.98 Å². The van der Waals surface area contributed by atoms with Crippen molar-refractivity contribution in [2.45, 2.75) is 13.0 Å². The lowest BCUT2D eigenvalue weighted by Crippen LogP contribution is -2.13. The van der Waals surface area contributed by atoms with Gasteiger partial charge in [-0.05, 0) is 12.2 Å². The Balaban J connectivity index is 2.91. The van der Waals surface area contributed by atoms with Crippen LogP contribution < -0.4 is 0 Å². The van der Waals surface area contributed by atoms with Crippen LogP contribution in [-0.4, -0.2) is 18.2 Å². The predicted octanol–water partition coefficient (Wildman–Crippen LogP) is 1.12. The minimum Gasteiger partial charge on any atom is -0.211 e. The van der Waals surface area contributed by atoms with Crippen LogP contribution in [0.25, 0.3) is 0 Å². The minimum absolute atomic E-state index is 0.132. The van der Waals surface area contributed by atoms with E-state index in [1.807, 2.05) is 13.0 Å². The van der Waals surface area contributed by atoms with Crippen molar-refractivity contribution in [3.63, 3.8) is 0 Å². The van der Waals surface area contributed by atoms with Gasteiger partial charge in [-0.2, -0.15) is 9.98 Å². The Hall–Kier alpha value is -1.76. The fourth-order valence-corrected chi connectivity index (χ4v) is 1.09. The summed E-state index contributed by atoms with van der Waals surface area (Å²) in [6.07, 6.45) is 8.09. The molecule has 1 rings (SSSR count). The van der Waals surface area contributed by atoms with Crippen LogP contribution in [0, 0.1) is 5.92 Å². The maximum absolute atomic E-state index is 10.0. The van der Waals surface area contributed by atoms with Gasteiger partial charge in [-0.1, -0.05) is 13.0 Å². The third-order valence-electron chi connectivity index (χ3n) is 1.83. The van der Waals surface area contributed by atoms with E-state index in [0.29, 0.717) is 5.70 Å². The smallest absolute Gasteiger partial charge is 0.211 e. The zero-order valence-corrected chi connectivity index (χ0v) is 7.10. The van der Waals surface area contributed by atoms with Crippen molar-refractivity contribution >= 4 is 12.2 Å². The molecule has 0 aromatic rings. The normalized spacial score (nSPS) is 25.5. The molecule has 13 heavy (non-hydrogen) atoms. The molecule has 0 spiro atoms. The molecule has 1 aliphatic carbocycles. The quantitative estimate of drug-likeness (QED) is 0.467. The first-order valence-electron chi connectivity index (χ1n) is 3.83. The zero-order valence-electron chi connectivity index (χ0n) is 7.10. The van der Waals surface area contributed by atoms with E-state index in [1.165, 1.54) is 12.2 Å². The SMILES string of the molecule is CC1C=CC(N=C=O)=CC1N=C=O. The highest BCUT2D eigenvalue weighted by atomic mass is 16.1. The molecular formula is C9H8N2O2. The number of carbonyl (C=O) groups excluding carboxylic acids is 2. The average Bonchev–Trinajstić information content (AvgIpc) is 2.12. The number of allylic oxidation sites excluding steroid dienone is 1. The fourth-order valence-electron chi connectivity index (χ4n) is 1.09. The van der Waals surface area contributed by atoms with Crippen LogP contribution in [0.4, 0.5) is 0 Å². The van der Waals surface area contributed by atoms with E-state index < -0.39 is 0 Å². The summed E-state index contributed by atoms with van der Waals surface area (Å²) in [5.74, 6) is 0.132. The highest BCUT2D eigenvalue weighted by Crippen LogP contribution is 2.19. The van der Waals surface area contributed by atoms with Crippen LogP contribution in [0.2, 0.25) is 0 Å². The molecule has 4 heteroatoms. The summed E-state index contributed by atoms with van der Waals surface area (Å²) in [5, 5.41) is 0. The van der Waals surface area contributed by atoms with Gasteiger partial charge < -0.3 is 0 Å². The summed E-state index contributed by atoms with van der Waals surface area (Å²) in [6, 6.07) is -0.269. The highest BCUT2D eigenvalue weighted by Gasteiger charge is 2.15. The Labute approximate surface area is 75.4 Å². The standard InChI is InChI=1S/C9H8N2O2/c1-7-2-3-8(10-5-12)4-9(7)11-6-13/h2-4,7,9H,1H3. The van der Waals surface area contributed by atoms with Gasteiger partial charge in [0.05, 0.1) is 11.7 Å². The molecule has 0 aliphatic heterocycles. The first-order valence-corrected chi connectivity index (χ1v) is 3.83. The lowest BCUT2D eigenvalue weighted by atomic mass is 9.96. The Bertz CT molecular complexity index is 345. The summed E-state index contributed by atoms with van der Waals surface area (Å²) >= 11 is 0. The first-order chi connectivity index (χ1) is 6.27. The molecule has 2 atom stereocenters. The van der Waals surface area contributed by atoms with Gasteiger partial charge in [0.1, 0.15) is 0 Å². The van der Waals surface area contributed by atoms with Crippen LogP contribution in [0.15, 0.2) is 33.9 Å². The largest absolute Gasteiger partial charge is 0.240 e. The fraction of sp³-hybridized carbons (Fsp3) is 0.333. The second-order valence-corrected chi connectivity index (χ2v) is 2.72. The van der Waals surface area contributed by atoms with Gasteiger partial charge in [0.25, 0.3) is 0 Å². The molecule has 0 radical (unpaired) electrons. The van der Waals surface area contributed by atoms with Crippen molar-refractivity contribution in [3.8, 4) is 0 Å². The van der Waals surface area contributed by atoms with Crippen LogP contribution in [0.3, 0.4) is 0 Å². The van der Waals surface area contributed by atoms with Crippen LogP contribution in [-0.2, 0) is 9.59 Å². The molecule has 0 aromatic heterocycles. The van der Waals surface area contributed by atoms with Crippen molar-refractivity contribution in [2.75, 3.05) is 0 Å². The van der Waals surface area contributed by atoms with Gasteiger partial charge >= 0.3 is 0 Å². The van der Waals surface area contributed by atoms with Gasteiger partial charge in [-0.25, -0.2) is 9.59 Å². The van der Waals surface area contributed by atoms with Crippen LogP contribution in [0.5, 0.6) is 0 Å². The van der Waals surface area contributed by atoms with Crippen molar-refractivity contribution in [1.82, 2.24) is 0 Å². The molecule has 0 aromatic carbocycles. The lowest BCUT2D eigenvalue weighted by molar-refractivity contribution is 0.550. The molecule has 4 nitrogen and oxygen atoms in total. The number of hydrogen-bond donors (Lipinski definition) is 0. The molecule has 0 amide bonds. The Morgan fingerprint density at radius 3 is 2.77 bits per heavy atom. The number of aliphatic imine (C=N–C) groups is 2. The van der Waals surface area contributed by atoms with Gasteiger partial charge in [-0.3, -0.25) is 0 Å². The summed E-state index contributed by atoms with van der Waals surface area (Å²) in [4.78, 5) is 27.0.